The summed E-state index contributed by atoms with van der Waals surface area (Å²) in [4.78, 5) is 5.39. The molecule has 0 aromatic carbocycles. The molecule has 7 nitrogen and oxygen atoms in total. The van der Waals surface area contributed by atoms with Gasteiger partial charge in [0.1, 0.15) is 0 Å². The Morgan fingerprint density at radius 1 is 1.31 bits per heavy atom. The quantitative estimate of drug-likeness (QED) is 0.300. The van der Waals surface area contributed by atoms with Gasteiger partial charge in [-0.05, 0) is 0 Å². The van der Waals surface area contributed by atoms with Crippen LogP contribution in [0.15, 0.2) is 29.4 Å². The van der Waals surface area contributed by atoms with Crippen LogP contribution in [-0.2, 0) is 11.0 Å². The molecule has 0 spiro atoms. The van der Waals surface area contributed by atoms with E-state index in [0.29, 0.717) is 29.9 Å². The predicted molar refractivity (Wildman–Crippen MR) is 132 cm³/mol. The van der Waals surface area contributed by atoms with E-state index in [-0.39, 0.29) is 9.82 Å². The van der Waals surface area contributed by atoms with E-state index in [1.807, 2.05) is 28.8 Å². The predicted octanol–water partition coefficient (Wildman–Crippen LogP) is 4.05. The molecule has 0 saturated heterocycles. The summed E-state index contributed by atoms with van der Waals surface area (Å²) in [7, 11) is -1.04. The summed E-state index contributed by atoms with van der Waals surface area (Å²) in [5, 5.41) is 7.72. The summed E-state index contributed by atoms with van der Waals surface area (Å²) in [6.07, 6.45) is 5.38. The Morgan fingerprint density at radius 2 is 2.11 bits per heavy atom. The van der Waals surface area contributed by atoms with Crippen LogP contribution in [0.25, 0.3) is 21.5 Å². The maximum absolute atomic E-state index is 13.4. The Morgan fingerprint density at radius 3 is 2.71 bits per heavy atom. The average Bonchev–Trinajstić information content (AvgIpc) is 3.25. The van der Waals surface area contributed by atoms with Crippen molar-refractivity contribution >= 4 is 48.5 Å². The van der Waals surface area contributed by atoms with Crippen molar-refractivity contribution in [1.82, 2.24) is 28.6 Å². The van der Waals surface area contributed by atoms with Crippen molar-refractivity contribution in [3.05, 3.63) is 34.7 Å². The number of rotatable bonds is 9. The molecule has 4 heterocycles. The van der Waals surface area contributed by atoms with Crippen LogP contribution in [0.4, 0.5) is 13.2 Å². The second-order valence-corrected chi connectivity index (χ2v) is 14.0. The first kappa shape index (κ1) is 25.2. The number of nitrogens with one attached hydrogen (secondary N) is 1. The Labute approximate surface area is 214 Å². The molecular weight excluding hydrogens is 564 g/mol. The molecule has 2 aliphatic rings. The van der Waals surface area contributed by atoms with Gasteiger partial charge in [-0.2, -0.15) is 0 Å². The Kier molecular flexibility index (Phi) is 7.26. The topological polar surface area (TPSA) is 75.4 Å². The van der Waals surface area contributed by atoms with Crippen LogP contribution < -0.4 is 4.72 Å². The van der Waals surface area contributed by atoms with E-state index >= 15 is 0 Å². The monoisotopic (exact) mass is 590 g/mol. The minimum atomic E-state index is -2.63. The summed E-state index contributed by atoms with van der Waals surface area (Å²) in [6, 6.07) is 2.05. The van der Waals surface area contributed by atoms with Gasteiger partial charge in [0.2, 0.25) is 0 Å². The molecule has 3 aromatic rings. The van der Waals surface area contributed by atoms with Gasteiger partial charge in [-0.15, -0.1) is 0 Å². The van der Waals surface area contributed by atoms with Gasteiger partial charge < -0.3 is 0 Å². The third kappa shape index (κ3) is 5.17. The third-order valence-corrected chi connectivity index (χ3v) is 10.7. The molecule has 13 heteroatoms. The van der Waals surface area contributed by atoms with Gasteiger partial charge >= 0.3 is 215 Å². The normalized spacial score (nSPS) is 19.0. The van der Waals surface area contributed by atoms with E-state index in [9.17, 15) is 17.4 Å². The average molecular weight is 590 g/mol. The van der Waals surface area contributed by atoms with Gasteiger partial charge in [0.15, 0.2) is 0 Å². The fourth-order valence-corrected chi connectivity index (χ4v) is 7.36. The third-order valence-electron chi connectivity index (χ3n) is 6.10. The maximum atomic E-state index is 13.4. The first-order valence-corrected chi connectivity index (χ1v) is 15.0. The van der Waals surface area contributed by atoms with Gasteiger partial charge in [-0.25, -0.2) is 0 Å². The standard InChI is InChI=1S/C22H25F3N6OS2Se/c1-13(2)34(32)30-7-3-14(4-8-30)16-9-15(33-29-22(12-23)5-6-22)11-31-17(16)10-26-19(31)21-28-27-20(35-21)18(24)25/h3,9-11,13,18,29H,4-8,12H2,1-2H3. The minimum absolute atomic E-state index is 0.0551. The molecule has 1 fully saturated rings. The molecule has 1 saturated carbocycles. The van der Waals surface area contributed by atoms with Crippen LogP contribution in [0, 0.1) is 0 Å². The van der Waals surface area contributed by atoms with E-state index in [1.165, 1.54) is 11.9 Å². The number of hydrogen-bond donors (Lipinski definition) is 1. The molecule has 3 aromatic heterocycles. The molecule has 0 bridgehead atoms. The zero-order valence-corrected chi connectivity index (χ0v) is 22.6. The number of imidazole rings is 1. The molecule has 0 radical (unpaired) electrons. The molecule has 1 aliphatic heterocycles. The van der Waals surface area contributed by atoms with E-state index in [2.05, 4.69) is 32.0 Å². The molecular formula is C22H25F3N6OS2Se. The first-order valence-electron chi connectivity index (χ1n) is 11.3. The van der Waals surface area contributed by atoms with E-state index in [4.69, 9.17) is 0 Å². The molecule has 5 rings (SSSR count). The van der Waals surface area contributed by atoms with Crippen LogP contribution in [0.2, 0.25) is 0 Å². The number of alkyl halides is 3. The van der Waals surface area contributed by atoms with E-state index < -0.39 is 44.1 Å². The first-order chi connectivity index (χ1) is 16.8. The zero-order valence-electron chi connectivity index (χ0n) is 19.2. The summed E-state index contributed by atoms with van der Waals surface area (Å²) < 4.78 is 59.6. The summed E-state index contributed by atoms with van der Waals surface area (Å²) in [6.45, 7) is 4.72. The van der Waals surface area contributed by atoms with Gasteiger partial charge in [0.05, 0.1) is 0 Å². The van der Waals surface area contributed by atoms with Crippen LogP contribution in [0.1, 0.15) is 49.7 Å². The van der Waals surface area contributed by atoms with Gasteiger partial charge in [-0.3, -0.25) is 0 Å². The molecule has 0 amide bonds. The Balaban J connectivity index is 1.53. The second kappa shape index (κ2) is 10.1. The van der Waals surface area contributed by atoms with Crippen molar-refractivity contribution in [2.45, 2.75) is 55.2 Å². The van der Waals surface area contributed by atoms with E-state index in [0.717, 1.165) is 34.4 Å². The molecule has 35 heavy (non-hydrogen) atoms. The van der Waals surface area contributed by atoms with Crippen molar-refractivity contribution in [2.75, 3.05) is 19.8 Å². The van der Waals surface area contributed by atoms with Crippen LogP contribution in [0.3, 0.4) is 0 Å². The number of nitrogens with zero attached hydrogens (tertiary/aromatic N) is 5. The molecule has 188 valence electrons. The summed E-state index contributed by atoms with van der Waals surface area (Å²) in [5.74, 6) is 0.494. The number of pyridine rings is 1. The fourth-order valence-electron chi connectivity index (χ4n) is 3.89. The second-order valence-electron chi connectivity index (χ2n) is 8.98. The SMILES string of the molecule is CC(C)S(=O)N1CC=C(c2cc(SNC3(CF)CC3)cn3c(-c4nnc(C(F)F)[se]4)ncc23)CC1. The van der Waals surface area contributed by atoms with Crippen LogP contribution >= 0.6 is 11.9 Å². The summed E-state index contributed by atoms with van der Waals surface area (Å²) >= 11 is 0.669. The van der Waals surface area contributed by atoms with Crippen LogP contribution in [0.5, 0.6) is 0 Å². The van der Waals surface area contributed by atoms with Gasteiger partial charge in [0.25, 0.3) is 0 Å². The van der Waals surface area contributed by atoms with Crippen molar-refractivity contribution in [1.29, 1.82) is 0 Å². The van der Waals surface area contributed by atoms with Gasteiger partial charge in [0, 0.05) is 0 Å². The van der Waals surface area contributed by atoms with Crippen molar-refractivity contribution < 1.29 is 17.4 Å². The number of hydrogen-bond acceptors (Lipinski definition) is 6. The number of aromatic nitrogens is 4. The fraction of sp³-hybridized carbons (Fsp3) is 0.500. The molecule has 1 N–H and O–H groups in total. The van der Waals surface area contributed by atoms with Crippen molar-refractivity contribution in [3.63, 3.8) is 0 Å². The van der Waals surface area contributed by atoms with E-state index in [1.54, 1.807) is 6.20 Å². The summed E-state index contributed by atoms with van der Waals surface area (Å²) in [5.41, 5.74) is 2.44. The number of halogens is 3. The molecule has 1 atom stereocenters. The Bertz CT molecular complexity index is 1290. The molecule has 1 unspecified atom stereocenters. The Hall–Kier alpha value is -1.50. The van der Waals surface area contributed by atoms with Crippen molar-refractivity contribution in [3.8, 4) is 10.4 Å². The van der Waals surface area contributed by atoms with Crippen molar-refractivity contribution in [2.24, 2.45) is 0 Å². The molecule has 1 aliphatic carbocycles. The zero-order chi connectivity index (χ0) is 24.7. The van der Waals surface area contributed by atoms with Crippen LogP contribution in [-0.4, -0.2) is 73.2 Å². The number of fused-ring (bicyclic) bond motifs is 1. The van der Waals surface area contributed by atoms with Gasteiger partial charge in [-0.1, -0.05) is 0 Å².